The fourth-order valence-electron chi connectivity index (χ4n) is 1.83. The number of rotatable bonds is 4. The van der Waals surface area contributed by atoms with Crippen LogP contribution < -0.4 is 10.5 Å². The second-order valence-electron chi connectivity index (χ2n) is 4.53. The number of hydrogen-bond donors (Lipinski definition) is 2. The fourth-order valence-corrected chi connectivity index (χ4v) is 3.16. The molecule has 21 heavy (non-hydrogen) atoms. The summed E-state index contributed by atoms with van der Waals surface area (Å²) in [6.07, 6.45) is 0. The Morgan fingerprint density at radius 3 is 2.48 bits per heavy atom. The predicted octanol–water partition coefficient (Wildman–Crippen LogP) is 2.53. The summed E-state index contributed by atoms with van der Waals surface area (Å²) in [6.45, 7) is 1.68. The van der Waals surface area contributed by atoms with E-state index >= 15 is 0 Å². The van der Waals surface area contributed by atoms with Crippen molar-refractivity contribution in [2.24, 2.45) is 5.73 Å². The van der Waals surface area contributed by atoms with Crippen LogP contribution in [0.15, 0.2) is 41.3 Å². The number of benzene rings is 2. The standard InChI is InChI=1S/C14H14F2N2O2S/c1-9-2-4-11(15)7-14(9)21(19,20)18-13-5-3-10(8-17)6-12(13)16/h2-7,18H,8,17H2,1H3. The van der Waals surface area contributed by atoms with Crippen molar-refractivity contribution in [3.63, 3.8) is 0 Å². The van der Waals surface area contributed by atoms with Crippen LogP contribution in [-0.2, 0) is 16.6 Å². The van der Waals surface area contributed by atoms with Crippen molar-refractivity contribution in [2.45, 2.75) is 18.4 Å². The van der Waals surface area contributed by atoms with Gasteiger partial charge in [0.15, 0.2) is 0 Å². The van der Waals surface area contributed by atoms with Gasteiger partial charge >= 0.3 is 0 Å². The zero-order valence-electron chi connectivity index (χ0n) is 11.2. The van der Waals surface area contributed by atoms with Crippen molar-refractivity contribution in [1.29, 1.82) is 0 Å². The Balaban J connectivity index is 2.40. The molecule has 0 amide bonds. The van der Waals surface area contributed by atoms with E-state index in [1.165, 1.54) is 25.1 Å². The van der Waals surface area contributed by atoms with Gasteiger partial charge in [-0.15, -0.1) is 0 Å². The van der Waals surface area contributed by atoms with E-state index in [0.717, 1.165) is 18.2 Å². The molecule has 0 fully saturated rings. The van der Waals surface area contributed by atoms with Gasteiger partial charge < -0.3 is 5.73 Å². The number of aryl methyl sites for hydroxylation is 1. The second kappa shape index (κ2) is 5.79. The third kappa shape index (κ3) is 3.37. The molecule has 0 bridgehead atoms. The molecule has 4 nitrogen and oxygen atoms in total. The van der Waals surface area contributed by atoms with Crippen LogP contribution in [0, 0.1) is 18.6 Å². The van der Waals surface area contributed by atoms with Crippen LogP contribution in [0.2, 0.25) is 0 Å². The first-order valence-corrected chi connectivity index (χ1v) is 7.59. The van der Waals surface area contributed by atoms with Crippen LogP contribution >= 0.6 is 0 Å². The molecule has 0 saturated carbocycles. The first-order valence-electron chi connectivity index (χ1n) is 6.11. The number of nitrogens with one attached hydrogen (secondary N) is 1. The minimum atomic E-state index is -4.07. The largest absolute Gasteiger partial charge is 0.326 e. The van der Waals surface area contributed by atoms with Crippen LogP contribution in [0.4, 0.5) is 14.5 Å². The Hall–Kier alpha value is -1.99. The van der Waals surface area contributed by atoms with Gasteiger partial charge in [0.05, 0.1) is 10.6 Å². The Bertz CT molecular complexity index is 777. The second-order valence-corrected chi connectivity index (χ2v) is 6.18. The molecule has 0 aliphatic carbocycles. The van der Waals surface area contributed by atoms with Gasteiger partial charge in [-0.3, -0.25) is 4.72 Å². The first kappa shape index (κ1) is 15.4. The maximum Gasteiger partial charge on any atom is 0.262 e. The van der Waals surface area contributed by atoms with E-state index < -0.39 is 21.7 Å². The van der Waals surface area contributed by atoms with E-state index in [1.54, 1.807) is 0 Å². The number of hydrogen-bond acceptors (Lipinski definition) is 3. The third-order valence-corrected chi connectivity index (χ3v) is 4.46. The van der Waals surface area contributed by atoms with Crippen molar-refractivity contribution in [3.8, 4) is 0 Å². The molecule has 0 heterocycles. The SMILES string of the molecule is Cc1ccc(F)cc1S(=O)(=O)Nc1ccc(CN)cc1F. The fraction of sp³-hybridized carbons (Fsp3) is 0.143. The zero-order valence-corrected chi connectivity index (χ0v) is 12.0. The normalized spacial score (nSPS) is 11.4. The Morgan fingerprint density at radius 1 is 1.14 bits per heavy atom. The molecule has 7 heteroatoms. The minimum absolute atomic E-state index is 0.146. The highest BCUT2D eigenvalue weighted by Crippen LogP contribution is 2.22. The smallest absolute Gasteiger partial charge is 0.262 e. The lowest BCUT2D eigenvalue weighted by atomic mass is 10.2. The lowest BCUT2D eigenvalue weighted by Gasteiger charge is -2.11. The molecule has 0 radical (unpaired) electrons. The molecule has 0 unspecified atom stereocenters. The number of halogens is 2. The van der Waals surface area contributed by atoms with Crippen molar-refractivity contribution in [2.75, 3.05) is 4.72 Å². The molecular formula is C14H14F2N2O2S. The quantitative estimate of drug-likeness (QED) is 0.911. The van der Waals surface area contributed by atoms with Crippen LogP contribution in [-0.4, -0.2) is 8.42 Å². The maximum atomic E-state index is 13.8. The van der Waals surface area contributed by atoms with E-state index in [-0.39, 0.29) is 17.1 Å². The summed E-state index contributed by atoms with van der Waals surface area (Å²) in [5.41, 5.74) is 6.07. The third-order valence-electron chi connectivity index (χ3n) is 2.95. The van der Waals surface area contributed by atoms with Crippen LogP contribution in [0.1, 0.15) is 11.1 Å². The zero-order chi connectivity index (χ0) is 15.6. The van der Waals surface area contributed by atoms with Gasteiger partial charge in [0.25, 0.3) is 10.0 Å². The molecule has 2 aromatic rings. The molecule has 0 atom stereocenters. The Morgan fingerprint density at radius 2 is 1.86 bits per heavy atom. The van der Waals surface area contributed by atoms with Crippen molar-refractivity contribution in [3.05, 3.63) is 59.2 Å². The monoisotopic (exact) mass is 312 g/mol. The molecule has 2 rings (SSSR count). The average molecular weight is 312 g/mol. The summed E-state index contributed by atoms with van der Waals surface area (Å²) in [5.74, 6) is -1.42. The predicted molar refractivity (Wildman–Crippen MR) is 76.2 cm³/mol. The molecule has 0 aromatic heterocycles. The van der Waals surface area contributed by atoms with Gasteiger partial charge in [0.1, 0.15) is 11.6 Å². The molecule has 0 spiro atoms. The minimum Gasteiger partial charge on any atom is -0.326 e. The summed E-state index contributed by atoms with van der Waals surface area (Å²) < 4.78 is 53.6. The van der Waals surface area contributed by atoms with E-state index in [1.807, 2.05) is 0 Å². The summed E-state index contributed by atoms with van der Waals surface area (Å²) in [4.78, 5) is -0.232. The van der Waals surface area contributed by atoms with Crippen molar-refractivity contribution >= 4 is 15.7 Å². The van der Waals surface area contributed by atoms with E-state index in [0.29, 0.717) is 11.1 Å². The van der Waals surface area contributed by atoms with Gasteiger partial charge in [-0.1, -0.05) is 12.1 Å². The highest BCUT2D eigenvalue weighted by atomic mass is 32.2. The number of sulfonamides is 1. The topological polar surface area (TPSA) is 72.2 Å². The van der Waals surface area contributed by atoms with Gasteiger partial charge in [-0.2, -0.15) is 0 Å². The molecule has 0 aliphatic rings. The van der Waals surface area contributed by atoms with Gasteiger partial charge in [0, 0.05) is 6.54 Å². The molecular weight excluding hydrogens is 298 g/mol. The molecule has 0 saturated heterocycles. The van der Waals surface area contributed by atoms with Crippen LogP contribution in [0.5, 0.6) is 0 Å². The number of anilines is 1. The molecule has 3 N–H and O–H groups in total. The Kier molecular flexibility index (Phi) is 4.24. The van der Waals surface area contributed by atoms with Gasteiger partial charge in [-0.25, -0.2) is 17.2 Å². The van der Waals surface area contributed by atoms with E-state index in [9.17, 15) is 17.2 Å². The molecule has 2 aromatic carbocycles. The van der Waals surface area contributed by atoms with E-state index in [2.05, 4.69) is 4.72 Å². The van der Waals surface area contributed by atoms with Crippen molar-refractivity contribution in [1.82, 2.24) is 0 Å². The summed E-state index contributed by atoms with van der Waals surface area (Å²) in [6, 6.07) is 7.34. The lowest BCUT2D eigenvalue weighted by molar-refractivity contribution is 0.592. The van der Waals surface area contributed by atoms with E-state index in [4.69, 9.17) is 5.73 Å². The summed E-state index contributed by atoms with van der Waals surface area (Å²) in [7, 11) is -4.07. The molecule has 112 valence electrons. The first-order chi connectivity index (χ1) is 9.83. The highest BCUT2D eigenvalue weighted by molar-refractivity contribution is 7.92. The summed E-state index contributed by atoms with van der Waals surface area (Å²) in [5, 5.41) is 0. The Labute approximate surface area is 121 Å². The molecule has 0 aliphatic heterocycles. The van der Waals surface area contributed by atoms with Crippen LogP contribution in [0.25, 0.3) is 0 Å². The van der Waals surface area contributed by atoms with Crippen molar-refractivity contribution < 1.29 is 17.2 Å². The van der Waals surface area contributed by atoms with Crippen LogP contribution in [0.3, 0.4) is 0 Å². The van der Waals surface area contributed by atoms with Gasteiger partial charge in [-0.05, 0) is 42.3 Å². The van der Waals surface area contributed by atoms with Gasteiger partial charge in [0.2, 0.25) is 0 Å². The maximum absolute atomic E-state index is 13.8. The number of nitrogens with two attached hydrogens (primary N) is 1. The highest BCUT2D eigenvalue weighted by Gasteiger charge is 2.19. The lowest BCUT2D eigenvalue weighted by Crippen LogP contribution is -2.15. The average Bonchev–Trinajstić information content (AvgIpc) is 2.43. The summed E-state index contributed by atoms with van der Waals surface area (Å²) >= 11 is 0.